The lowest BCUT2D eigenvalue weighted by molar-refractivity contribution is -0.256. The summed E-state index contributed by atoms with van der Waals surface area (Å²) in [6.45, 7) is 1.62. The van der Waals surface area contributed by atoms with E-state index in [1.54, 1.807) is 0 Å². The molecule has 2 aromatic rings. The lowest BCUT2D eigenvalue weighted by Gasteiger charge is -2.47. The lowest BCUT2D eigenvalue weighted by Crippen LogP contribution is -2.53. The first-order valence-electron chi connectivity index (χ1n) is 14.2. The number of amides is 1. The summed E-state index contributed by atoms with van der Waals surface area (Å²) >= 11 is 0. The molecule has 0 spiro atoms. The van der Waals surface area contributed by atoms with Crippen molar-refractivity contribution in [3.8, 4) is 17.1 Å². The van der Waals surface area contributed by atoms with Gasteiger partial charge in [-0.1, -0.05) is 12.5 Å². The molecule has 13 heteroatoms. The number of hydrogen-bond acceptors (Lipinski definition) is 7. The number of carboxylic acids is 1. The molecule has 0 bridgehead atoms. The fraction of sp³-hybridized carbons (Fsp3) is 0.586. The Balaban J connectivity index is 1.13. The highest BCUT2D eigenvalue weighted by atomic mass is 19.4. The zero-order valence-electron chi connectivity index (χ0n) is 23.0. The Bertz CT molecular complexity index is 1280. The van der Waals surface area contributed by atoms with Crippen molar-refractivity contribution in [1.82, 2.24) is 19.8 Å². The molecule has 42 heavy (non-hydrogen) atoms. The van der Waals surface area contributed by atoms with Gasteiger partial charge >= 0.3 is 12.1 Å². The highest BCUT2D eigenvalue weighted by molar-refractivity contribution is 5.97. The summed E-state index contributed by atoms with van der Waals surface area (Å²) in [5.74, 6) is -2.40. The molecular weight excluding hydrogens is 560 g/mol. The molecule has 228 valence electrons. The number of benzene rings is 1. The van der Waals surface area contributed by atoms with Gasteiger partial charge in [0.15, 0.2) is 0 Å². The molecule has 1 aromatic carbocycles. The van der Waals surface area contributed by atoms with Gasteiger partial charge in [-0.15, -0.1) is 0 Å². The van der Waals surface area contributed by atoms with Crippen molar-refractivity contribution in [2.24, 2.45) is 11.3 Å². The second-order valence-electron chi connectivity index (χ2n) is 11.6. The molecule has 1 saturated carbocycles. The SMILES string of the molecule is O=C(O)C1CC(O)CCN1C(=O)c1ccc(-c2cnc(OCC3CCN(CC4(C(F)(F)F)CCC4)CC3)cn2)cc1F. The van der Waals surface area contributed by atoms with Crippen molar-refractivity contribution in [1.29, 1.82) is 0 Å². The minimum atomic E-state index is -4.16. The number of hydrogen-bond donors (Lipinski definition) is 2. The van der Waals surface area contributed by atoms with Crippen molar-refractivity contribution >= 4 is 11.9 Å². The van der Waals surface area contributed by atoms with Crippen molar-refractivity contribution in [2.75, 3.05) is 32.8 Å². The van der Waals surface area contributed by atoms with Gasteiger partial charge in [-0.3, -0.25) is 4.79 Å². The van der Waals surface area contributed by atoms with Crippen LogP contribution in [0.5, 0.6) is 5.88 Å². The number of aromatic nitrogens is 2. The number of carboxylic acid groups (broad SMARTS) is 1. The fourth-order valence-electron chi connectivity index (χ4n) is 6.04. The molecule has 5 rings (SSSR count). The molecule has 2 saturated heterocycles. The summed E-state index contributed by atoms with van der Waals surface area (Å²) in [6, 6.07) is 2.67. The Morgan fingerprint density at radius 3 is 2.38 bits per heavy atom. The van der Waals surface area contributed by atoms with Crippen LogP contribution in [0.1, 0.15) is 55.3 Å². The van der Waals surface area contributed by atoms with Crippen molar-refractivity contribution in [3.63, 3.8) is 0 Å². The van der Waals surface area contributed by atoms with Gasteiger partial charge in [0.25, 0.3) is 5.91 Å². The van der Waals surface area contributed by atoms with E-state index in [0.29, 0.717) is 37.4 Å². The maximum atomic E-state index is 15.0. The van der Waals surface area contributed by atoms with E-state index < -0.39 is 41.4 Å². The number of aliphatic hydroxyl groups excluding tert-OH is 1. The largest absolute Gasteiger partial charge is 0.480 e. The average molecular weight is 595 g/mol. The summed E-state index contributed by atoms with van der Waals surface area (Å²) in [7, 11) is 0. The Morgan fingerprint density at radius 2 is 1.81 bits per heavy atom. The molecule has 9 nitrogen and oxygen atoms in total. The Kier molecular flexibility index (Phi) is 8.70. The van der Waals surface area contributed by atoms with E-state index in [0.717, 1.165) is 23.8 Å². The summed E-state index contributed by atoms with van der Waals surface area (Å²) < 4.78 is 61.3. The van der Waals surface area contributed by atoms with Crippen LogP contribution in [0.2, 0.25) is 0 Å². The molecule has 3 aliphatic rings. The quantitative estimate of drug-likeness (QED) is 0.438. The highest BCUT2D eigenvalue weighted by Crippen LogP contribution is 2.53. The fourth-order valence-corrected chi connectivity index (χ4v) is 6.04. The summed E-state index contributed by atoms with van der Waals surface area (Å²) in [5.41, 5.74) is -1.12. The van der Waals surface area contributed by atoms with E-state index in [9.17, 15) is 37.4 Å². The van der Waals surface area contributed by atoms with Gasteiger partial charge in [0.05, 0.1) is 41.8 Å². The van der Waals surface area contributed by atoms with Crippen LogP contribution in [0, 0.1) is 17.2 Å². The summed E-state index contributed by atoms with van der Waals surface area (Å²) in [4.78, 5) is 36.0. The second kappa shape index (κ2) is 12.1. The topological polar surface area (TPSA) is 116 Å². The minimum Gasteiger partial charge on any atom is -0.480 e. The number of likely N-dealkylation sites (tertiary alicyclic amines) is 2. The van der Waals surface area contributed by atoms with Gasteiger partial charge in [-0.05, 0) is 63.2 Å². The molecule has 1 aromatic heterocycles. The van der Waals surface area contributed by atoms with Crippen LogP contribution in [0.3, 0.4) is 0 Å². The van der Waals surface area contributed by atoms with Gasteiger partial charge in [0.1, 0.15) is 11.9 Å². The van der Waals surface area contributed by atoms with Gasteiger partial charge in [0.2, 0.25) is 5.88 Å². The second-order valence-corrected chi connectivity index (χ2v) is 11.6. The molecule has 2 N–H and O–H groups in total. The third-order valence-corrected chi connectivity index (χ3v) is 8.86. The van der Waals surface area contributed by atoms with Crippen molar-refractivity contribution in [2.45, 2.75) is 63.3 Å². The van der Waals surface area contributed by atoms with Gasteiger partial charge in [-0.2, -0.15) is 13.2 Å². The number of carbonyl (C=O) groups excluding carboxylic acids is 1. The highest BCUT2D eigenvalue weighted by Gasteiger charge is 2.58. The van der Waals surface area contributed by atoms with Crippen LogP contribution in [-0.4, -0.2) is 93.0 Å². The van der Waals surface area contributed by atoms with E-state index in [2.05, 4.69) is 9.97 Å². The van der Waals surface area contributed by atoms with E-state index in [-0.39, 0.29) is 56.1 Å². The number of aliphatic carboxylic acids is 1. The lowest BCUT2D eigenvalue weighted by atomic mass is 9.67. The third-order valence-electron chi connectivity index (χ3n) is 8.86. The zero-order chi connectivity index (χ0) is 30.1. The third kappa shape index (κ3) is 6.36. The zero-order valence-corrected chi connectivity index (χ0v) is 23.0. The first-order valence-corrected chi connectivity index (χ1v) is 14.2. The number of halogens is 4. The number of rotatable bonds is 8. The average Bonchev–Trinajstić information content (AvgIpc) is 2.93. The monoisotopic (exact) mass is 594 g/mol. The maximum Gasteiger partial charge on any atom is 0.395 e. The predicted molar refractivity (Wildman–Crippen MR) is 142 cm³/mol. The number of ether oxygens (including phenoxy) is 1. The molecule has 1 amide bonds. The summed E-state index contributed by atoms with van der Waals surface area (Å²) in [6.07, 6.45) is 0.419. The van der Waals surface area contributed by atoms with E-state index >= 15 is 0 Å². The smallest absolute Gasteiger partial charge is 0.395 e. The molecule has 3 heterocycles. The van der Waals surface area contributed by atoms with Crippen LogP contribution in [0.25, 0.3) is 11.3 Å². The number of nitrogens with zero attached hydrogens (tertiary/aromatic N) is 4. The predicted octanol–water partition coefficient (Wildman–Crippen LogP) is 4.16. The van der Waals surface area contributed by atoms with E-state index in [1.807, 2.05) is 4.90 Å². The molecular formula is C29H34F4N4O5. The minimum absolute atomic E-state index is 0.00294. The van der Waals surface area contributed by atoms with Crippen LogP contribution >= 0.6 is 0 Å². The molecule has 1 aliphatic carbocycles. The molecule has 2 aliphatic heterocycles. The first kappa shape index (κ1) is 30.1. The van der Waals surface area contributed by atoms with E-state index in [1.165, 1.54) is 24.5 Å². The van der Waals surface area contributed by atoms with Crippen LogP contribution in [0.4, 0.5) is 17.6 Å². The Hall–Kier alpha value is -3.32. The van der Waals surface area contributed by atoms with Gasteiger partial charge in [0, 0.05) is 25.1 Å². The summed E-state index contributed by atoms with van der Waals surface area (Å²) in [5, 5.41) is 19.2. The van der Waals surface area contributed by atoms with Crippen LogP contribution in [0.15, 0.2) is 30.6 Å². The Morgan fingerprint density at radius 1 is 1.07 bits per heavy atom. The van der Waals surface area contributed by atoms with Crippen LogP contribution < -0.4 is 4.74 Å². The molecule has 0 radical (unpaired) electrons. The van der Waals surface area contributed by atoms with Crippen molar-refractivity contribution in [3.05, 3.63) is 42.0 Å². The van der Waals surface area contributed by atoms with Gasteiger partial charge in [-0.25, -0.2) is 19.2 Å². The van der Waals surface area contributed by atoms with Crippen LogP contribution in [-0.2, 0) is 4.79 Å². The molecule has 3 fully saturated rings. The van der Waals surface area contributed by atoms with E-state index in [4.69, 9.17) is 4.74 Å². The molecule has 2 unspecified atom stereocenters. The Labute approximate surface area is 240 Å². The normalized spacial score (nSPS) is 23.3. The standard InChI is InChI=1S/C29H34F4N4O5/c30-22-12-19(2-3-21(22)26(39)37-11-6-20(38)13-24(37)27(40)41)23-14-35-25(15-34-23)42-16-18-4-9-36(10-5-18)17-28(7-1-8-28)29(31,32)33/h2-3,12,14-15,18,20,24,38H,1,4-11,13,16-17H2,(H,40,41). The first-order chi connectivity index (χ1) is 20.0. The maximum absolute atomic E-state index is 15.0. The number of carbonyl (C=O) groups is 2. The molecule has 2 atom stereocenters. The number of piperidine rings is 2. The van der Waals surface area contributed by atoms with Gasteiger partial charge < -0.3 is 24.7 Å². The van der Waals surface area contributed by atoms with Crippen molar-refractivity contribution < 1.29 is 42.1 Å². The number of alkyl halides is 3. The number of aliphatic hydroxyl groups is 1.